The van der Waals surface area contributed by atoms with Crippen LogP contribution in [-0.4, -0.2) is 41.5 Å². The van der Waals surface area contributed by atoms with E-state index in [2.05, 4.69) is 9.88 Å². The lowest BCUT2D eigenvalue weighted by Gasteiger charge is -2.43. The van der Waals surface area contributed by atoms with Crippen LogP contribution in [-0.2, 0) is 4.74 Å². The largest absolute Gasteiger partial charge is 0.390 e. The average molecular weight is 331 g/mol. The predicted octanol–water partition coefficient (Wildman–Crippen LogP) is 3.14. The van der Waals surface area contributed by atoms with E-state index in [9.17, 15) is 5.11 Å². The Labute approximate surface area is 135 Å². The summed E-state index contributed by atoms with van der Waals surface area (Å²) in [5.74, 6) is 0.826. The monoisotopic (exact) mass is 330 g/mol. The van der Waals surface area contributed by atoms with Gasteiger partial charge in [-0.3, -0.25) is 0 Å². The summed E-state index contributed by atoms with van der Waals surface area (Å²) in [6.45, 7) is 4.01. The van der Waals surface area contributed by atoms with Crippen LogP contribution >= 0.6 is 23.2 Å². The Morgan fingerprint density at radius 2 is 2.29 bits per heavy atom. The van der Waals surface area contributed by atoms with Gasteiger partial charge in [-0.2, -0.15) is 0 Å². The lowest BCUT2D eigenvalue weighted by atomic mass is 9.79. The lowest BCUT2D eigenvalue weighted by Crippen LogP contribution is -2.52. The van der Waals surface area contributed by atoms with Crippen molar-refractivity contribution in [2.45, 2.75) is 37.8 Å². The molecule has 0 bridgehead atoms. The van der Waals surface area contributed by atoms with Gasteiger partial charge in [-0.25, -0.2) is 4.98 Å². The molecule has 0 spiro atoms. The number of aromatic nitrogens is 1. The van der Waals surface area contributed by atoms with Gasteiger partial charge in [0.1, 0.15) is 5.82 Å². The smallest absolute Gasteiger partial charge is 0.147 e. The van der Waals surface area contributed by atoms with Gasteiger partial charge in [0.15, 0.2) is 0 Å². The SMILES string of the molecule is C[C@]1(O)CCOC[C@H]1[C@H]1CCCN1c1ncc(Cl)cc1Cl. The molecule has 6 heteroatoms. The molecule has 2 aliphatic heterocycles. The minimum Gasteiger partial charge on any atom is -0.390 e. The van der Waals surface area contributed by atoms with Crippen molar-refractivity contribution in [3.8, 4) is 0 Å². The van der Waals surface area contributed by atoms with E-state index < -0.39 is 5.60 Å². The van der Waals surface area contributed by atoms with Gasteiger partial charge in [-0.05, 0) is 32.3 Å². The maximum absolute atomic E-state index is 10.7. The number of halogens is 2. The van der Waals surface area contributed by atoms with Crippen LogP contribution in [0.4, 0.5) is 5.82 Å². The van der Waals surface area contributed by atoms with E-state index in [1.54, 1.807) is 12.3 Å². The number of anilines is 1. The van der Waals surface area contributed by atoms with E-state index >= 15 is 0 Å². The minimum atomic E-state index is -0.704. The first-order chi connectivity index (χ1) is 9.99. The molecule has 1 N–H and O–H groups in total. The van der Waals surface area contributed by atoms with Crippen molar-refractivity contribution in [3.63, 3.8) is 0 Å². The summed E-state index contributed by atoms with van der Waals surface area (Å²) in [6, 6.07) is 1.92. The van der Waals surface area contributed by atoms with Crippen LogP contribution in [0.15, 0.2) is 12.3 Å². The fraction of sp³-hybridized carbons (Fsp3) is 0.667. The highest BCUT2D eigenvalue weighted by Crippen LogP contribution is 2.39. The third-order valence-electron chi connectivity index (χ3n) is 4.67. The maximum Gasteiger partial charge on any atom is 0.147 e. The molecule has 1 aromatic rings. The van der Waals surface area contributed by atoms with Crippen molar-refractivity contribution in [1.29, 1.82) is 0 Å². The van der Waals surface area contributed by atoms with Crippen LogP contribution in [0.5, 0.6) is 0 Å². The molecule has 3 heterocycles. The van der Waals surface area contributed by atoms with Crippen molar-refractivity contribution in [3.05, 3.63) is 22.3 Å². The van der Waals surface area contributed by atoms with Crippen LogP contribution < -0.4 is 4.90 Å². The molecular weight excluding hydrogens is 311 g/mol. The van der Waals surface area contributed by atoms with E-state index in [1.165, 1.54) is 0 Å². The summed E-state index contributed by atoms with van der Waals surface area (Å²) in [4.78, 5) is 6.59. The van der Waals surface area contributed by atoms with E-state index in [1.807, 2.05) is 6.92 Å². The van der Waals surface area contributed by atoms with Crippen LogP contribution in [0.2, 0.25) is 10.0 Å². The highest BCUT2D eigenvalue weighted by molar-refractivity contribution is 6.36. The van der Waals surface area contributed by atoms with Crippen LogP contribution in [0.3, 0.4) is 0 Å². The normalized spacial score (nSPS) is 33.4. The number of pyridine rings is 1. The summed E-state index contributed by atoms with van der Waals surface area (Å²) in [7, 11) is 0. The Morgan fingerprint density at radius 3 is 3.00 bits per heavy atom. The van der Waals surface area contributed by atoms with Gasteiger partial charge in [-0.15, -0.1) is 0 Å². The Balaban J connectivity index is 1.88. The van der Waals surface area contributed by atoms with Crippen molar-refractivity contribution in [1.82, 2.24) is 4.98 Å². The molecule has 4 nitrogen and oxygen atoms in total. The summed E-state index contributed by atoms with van der Waals surface area (Å²) in [5.41, 5.74) is -0.704. The zero-order valence-corrected chi connectivity index (χ0v) is 13.6. The first kappa shape index (κ1) is 15.3. The molecule has 3 rings (SSSR count). The standard InChI is InChI=1S/C15H20Cl2N2O2/c1-15(20)4-6-21-9-11(15)13-3-2-5-19(13)14-12(17)7-10(16)8-18-14/h7-8,11,13,20H,2-6,9H2,1H3/t11-,13+,15-/m0/s1. The molecule has 0 aromatic carbocycles. The third kappa shape index (κ3) is 3.00. The number of rotatable bonds is 2. The molecular formula is C15H20Cl2N2O2. The zero-order valence-electron chi connectivity index (χ0n) is 12.1. The van der Waals surface area contributed by atoms with Gasteiger partial charge in [0.25, 0.3) is 0 Å². The third-order valence-corrected chi connectivity index (χ3v) is 5.16. The van der Waals surface area contributed by atoms with Gasteiger partial charge in [0.2, 0.25) is 0 Å². The number of hydrogen-bond acceptors (Lipinski definition) is 4. The first-order valence-corrected chi connectivity index (χ1v) is 8.12. The van der Waals surface area contributed by atoms with E-state index in [4.69, 9.17) is 27.9 Å². The van der Waals surface area contributed by atoms with Gasteiger partial charge in [0.05, 0.1) is 22.3 Å². The zero-order chi connectivity index (χ0) is 15.0. The molecule has 21 heavy (non-hydrogen) atoms. The fourth-order valence-electron chi connectivity index (χ4n) is 3.47. The van der Waals surface area contributed by atoms with E-state index in [0.717, 1.165) is 25.2 Å². The van der Waals surface area contributed by atoms with Gasteiger partial charge >= 0.3 is 0 Å². The van der Waals surface area contributed by atoms with Gasteiger partial charge < -0.3 is 14.7 Å². The number of aliphatic hydroxyl groups is 1. The Hall–Kier alpha value is -0.550. The quantitative estimate of drug-likeness (QED) is 0.904. The maximum atomic E-state index is 10.7. The minimum absolute atomic E-state index is 0.0716. The molecule has 2 aliphatic rings. The summed E-state index contributed by atoms with van der Waals surface area (Å²) >= 11 is 12.2. The number of hydrogen-bond donors (Lipinski definition) is 1. The number of nitrogens with zero attached hydrogens (tertiary/aromatic N) is 2. The molecule has 116 valence electrons. The second kappa shape index (κ2) is 5.92. The first-order valence-electron chi connectivity index (χ1n) is 7.37. The predicted molar refractivity (Wildman–Crippen MR) is 84.2 cm³/mol. The topological polar surface area (TPSA) is 45.6 Å². The van der Waals surface area contributed by atoms with Crippen molar-refractivity contribution >= 4 is 29.0 Å². The average Bonchev–Trinajstić information content (AvgIpc) is 2.87. The second-order valence-electron chi connectivity index (χ2n) is 6.15. The number of ether oxygens (including phenoxy) is 1. The van der Waals surface area contributed by atoms with Crippen LogP contribution in [0.25, 0.3) is 0 Å². The molecule has 1 aromatic heterocycles. The van der Waals surface area contributed by atoms with E-state index in [-0.39, 0.29) is 12.0 Å². The van der Waals surface area contributed by atoms with Crippen molar-refractivity contribution < 1.29 is 9.84 Å². The Kier molecular flexibility index (Phi) is 4.33. The second-order valence-corrected chi connectivity index (χ2v) is 6.99. The molecule has 0 radical (unpaired) electrons. The van der Waals surface area contributed by atoms with Crippen molar-refractivity contribution in [2.24, 2.45) is 5.92 Å². The Morgan fingerprint density at radius 1 is 1.48 bits per heavy atom. The van der Waals surface area contributed by atoms with Crippen LogP contribution in [0, 0.1) is 5.92 Å². The van der Waals surface area contributed by atoms with Crippen LogP contribution in [0.1, 0.15) is 26.2 Å². The lowest BCUT2D eigenvalue weighted by molar-refractivity contribution is -0.108. The molecule has 0 aliphatic carbocycles. The Bertz CT molecular complexity index is 524. The van der Waals surface area contributed by atoms with E-state index in [0.29, 0.717) is 29.7 Å². The molecule has 0 saturated carbocycles. The molecule has 3 atom stereocenters. The molecule has 2 fully saturated rings. The molecule has 2 saturated heterocycles. The van der Waals surface area contributed by atoms with Gasteiger partial charge in [0, 0.05) is 31.3 Å². The highest BCUT2D eigenvalue weighted by Gasteiger charge is 2.44. The summed E-state index contributed by atoms with van der Waals surface area (Å²) in [5, 5.41) is 11.8. The summed E-state index contributed by atoms with van der Waals surface area (Å²) < 4.78 is 5.60. The van der Waals surface area contributed by atoms with Gasteiger partial charge in [-0.1, -0.05) is 23.2 Å². The van der Waals surface area contributed by atoms with Crippen molar-refractivity contribution in [2.75, 3.05) is 24.7 Å². The molecule has 0 amide bonds. The fourth-order valence-corrected chi connectivity index (χ4v) is 3.96. The summed E-state index contributed by atoms with van der Waals surface area (Å²) in [6.07, 6.45) is 4.38. The molecule has 0 unspecified atom stereocenters. The highest BCUT2D eigenvalue weighted by atomic mass is 35.5.